The first-order valence-corrected chi connectivity index (χ1v) is 7.40. The molecule has 0 bridgehead atoms. The van der Waals surface area contributed by atoms with Gasteiger partial charge in [-0.2, -0.15) is 0 Å². The minimum Gasteiger partial charge on any atom is -0.325 e. The van der Waals surface area contributed by atoms with Crippen molar-refractivity contribution in [2.75, 3.05) is 13.3 Å². The molecule has 0 saturated carbocycles. The molecule has 0 radical (unpaired) electrons. The van der Waals surface area contributed by atoms with Gasteiger partial charge < -0.3 is 9.88 Å². The Morgan fingerprint density at radius 2 is 2.20 bits per heavy atom. The summed E-state index contributed by atoms with van der Waals surface area (Å²) in [6.45, 7) is 0. The van der Waals surface area contributed by atoms with Gasteiger partial charge >= 0.3 is 0 Å². The van der Waals surface area contributed by atoms with Gasteiger partial charge in [-0.05, 0) is 18.4 Å². The number of nitrogens with one attached hydrogen (secondary N) is 1. The quantitative estimate of drug-likeness (QED) is 0.916. The van der Waals surface area contributed by atoms with E-state index in [1.807, 2.05) is 18.4 Å². The van der Waals surface area contributed by atoms with E-state index in [2.05, 4.69) is 9.97 Å². The smallest absolute Gasteiger partial charge is 0.255 e. The number of aromatic amines is 1. The van der Waals surface area contributed by atoms with Gasteiger partial charge in [-0.15, -0.1) is 11.8 Å². The largest absolute Gasteiger partial charge is 0.325 e. The zero-order valence-electron chi connectivity index (χ0n) is 11.1. The molecule has 1 aliphatic heterocycles. The number of nitrogens with zero attached hydrogens (tertiary/aromatic N) is 2. The van der Waals surface area contributed by atoms with E-state index < -0.39 is 0 Å². The number of carbonyl (C=O) groups is 1. The second-order valence-electron chi connectivity index (χ2n) is 4.58. The topological polar surface area (TPSA) is 66.1 Å². The fourth-order valence-electron chi connectivity index (χ4n) is 2.51. The Hall–Kier alpha value is -2.08. The monoisotopic (exact) mass is 287 g/mol. The van der Waals surface area contributed by atoms with Crippen molar-refractivity contribution in [2.45, 2.75) is 5.37 Å². The highest BCUT2D eigenvalue weighted by molar-refractivity contribution is 7.98. The Labute approximate surface area is 120 Å². The molecule has 0 spiro atoms. The lowest BCUT2D eigenvalue weighted by molar-refractivity contribution is 0.0813. The molecule has 5 nitrogen and oxygen atoms in total. The summed E-state index contributed by atoms with van der Waals surface area (Å²) in [4.78, 5) is 32.6. The zero-order chi connectivity index (χ0) is 14.3. The zero-order valence-corrected chi connectivity index (χ0v) is 11.9. The average molecular weight is 287 g/mol. The molecule has 0 fully saturated rings. The van der Waals surface area contributed by atoms with Gasteiger partial charge in [0.15, 0.2) is 0 Å². The Bertz CT molecular complexity index is 727. The number of carbonyl (C=O) groups excluding carboxylic acids is 1. The van der Waals surface area contributed by atoms with Gasteiger partial charge in [0, 0.05) is 36.6 Å². The van der Waals surface area contributed by atoms with Gasteiger partial charge in [0.2, 0.25) is 5.56 Å². The molecule has 1 unspecified atom stereocenters. The van der Waals surface area contributed by atoms with Crippen molar-refractivity contribution in [3.05, 3.63) is 52.1 Å². The number of aromatic nitrogens is 2. The number of pyridine rings is 2. The Morgan fingerprint density at radius 3 is 2.85 bits per heavy atom. The summed E-state index contributed by atoms with van der Waals surface area (Å²) < 4.78 is 0. The normalized spacial score (nSPS) is 17.4. The molecule has 1 atom stereocenters. The SMILES string of the molecule is CSC1c2c(cc(=O)[nH]c2-c2cccnc2)C(=O)N1C. The third-order valence-electron chi connectivity index (χ3n) is 3.41. The Morgan fingerprint density at radius 1 is 1.40 bits per heavy atom. The van der Waals surface area contributed by atoms with Crippen LogP contribution in [0.4, 0.5) is 0 Å². The van der Waals surface area contributed by atoms with E-state index >= 15 is 0 Å². The highest BCUT2D eigenvalue weighted by Gasteiger charge is 2.36. The summed E-state index contributed by atoms with van der Waals surface area (Å²) >= 11 is 1.56. The van der Waals surface area contributed by atoms with E-state index in [1.54, 1.807) is 36.1 Å². The van der Waals surface area contributed by atoms with Crippen LogP contribution in [0, 0.1) is 0 Å². The molecule has 20 heavy (non-hydrogen) atoms. The summed E-state index contributed by atoms with van der Waals surface area (Å²) in [6, 6.07) is 5.06. The summed E-state index contributed by atoms with van der Waals surface area (Å²) in [6.07, 6.45) is 5.31. The van der Waals surface area contributed by atoms with E-state index in [0.29, 0.717) is 11.3 Å². The molecule has 2 aromatic rings. The number of fused-ring (bicyclic) bond motifs is 1. The fraction of sp³-hybridized carbons (Fsp3) is 0.214. The number of hydrogen-bond acceptors (Lipinski definition) is 4. The lowest BCUT2D eigenvalue weighted by Gasteiger charge is -2.19. The first kappa shape index (κ1) is 12.9. The van der Waals surface area contributed by atoms with Crippen molar-refractivity contribution in [3.63, 3.8) is 0 Å². The summed E-state index contributed by atoms with van der Waals surface area (Å²) in [5.41, 5.74) is 2.56. The van der Waals surface area contributed by atoms with Gasteiger partial charge in [-0.3, -0.25) is 14.6 Å². The molecule has 2 aromatic heterocycles. The lowest BCUT2D eigenvalue weighted by Crippen LogP contribution is -2.21. The first-order valence-electron chi connectivity index (χ1n) is 6.11. The molecule has 3 heterocycles. The van der Waals surface area contributed by atoms with E-state index in [1.165, 1.54) is 6.07 Å². The molecule has 102 valence electrons. The molecular formula is C14H13N3O2S. The molecule has 1 amide bonds. The minimum atomic E-state index is -0.272. The Kier molecular flexibility index (Phi) is 3.10. The third kappa shape index (κ3) is 1.84. The maximum absolute atomic E-state index is 12.2. The maximum Gasteiger partial charge on any atom is 0.255 e. The van der Waals surface area contributed by atoms with Gasteiger partial charge in [0.05, 0.1) is 11.3 Å². The predicted octanol–water partition coefficient (Wildman–Crippen LogP) is 1.88. The number of amides is 1. The maximum atomic E-state index is 12.2. The molecule has 0 saturated heterocycles. The highest BCUT2D eigenvalue weighted by atomic mass is 32.2. The fourth-order valence-corrected chi connectivity index (χ4v) is 3.40. The summed E-state index contributed by atoms with van der Waals surface area (Å²) in [5, 5.41) is -0.0930. The first-order chi connectivity index (χ1) is 9.63. The summed E-state index contributed by atoms with van der Waals surface area (Å²) in [7, 11) is 1.75. The molecule has 3 rings (SSSR count). The third-order valence-corrected chi connectivity index (χ3v) is 4.40. The van der Waals surface area contributed by atoms with Gasteiger partial charge in [-0.1, -0.05) is 0 Å². The second kappa shape index (κ2) is 4.79. The van der Waals surface area contributed by atoms with Crippen molar-refractivity contribution < 1.29 is 4.79 Å². The van der Waals surface area contributed by atoms with Crippen LogP contribution < -0.4 is 5.56 Å². The van der Waals surface area contributed by atoms with Crippen LogP contribution in [0.1, 0.15) is 21.3 Å². The van der Waals surface area contributed by atoms with Gasteiger partial charge in [0.1, 0.15) is 5.37 Å². The summed E-state index contributed by atoms with van der Waals surface area (Å²) in [5.74, 6) is -0.115. The molecule has 0 aromatic carbocycles. The van der Waals surface area contributed by atoms with Gasteiger partial charge in [-0.25, -0.2) is 0 Å². The predicted molar refractivity (Wildman–Crippen MR) is 78.6 cm³/mol. The minimum absolute atomic E-state index is 0.0930. The molecule has 1 aliphatic rings. The van der Waals surface area contributed by atoms with E-state index in [9.17, 15) is 9.59 Å². The van der Waals surface area contributed by atoms with Crippen molar-refractivity contribution in [3.8, 4) is 11.3 Å². The molecule has 6 heteroatoms. The number of thioether (sulfide) groups is 1. The van der Waals surface area contributed by atoms with E-state index in [0.717, 1.165) is 11.1 Å². The van der Waals surface area contributed by atoms with Crippen molar-refractivity contribution in [1.29, 1.82) is 0 Å². The highest BCUT2D eigenvalue weighted by Crippen LogP contribution is 2.42. The Balaban J connectivity index is 2.31. The average Bonchev–Trinajstić information content (AvgIpc) is 2.71. The molecule has 0 aliphatic carbocycles. The van der Waals surface area contributed by atoms with E-state index in [-0.39, 0.29) is 16.8 Å². The standard InChI is InChI=1S/C14H13N3O2S/c1-17-13(19)9-6-10(18)16-12(11(9)14(17)20-2)8-4-3-5-15-7-8/h3-7,14H,1-2H3,(H,16,18). The van der Waals surface area contributed by atoms with Crippen LogP contribution in [0.15, 0.2) is 35.4 Å². The molecule has 1 N–H and O–H groups in total. The molecular weight excluding hydrogens is 274 g/mol. The van der Waals surface area contributed by atoms with Crippen LogP contribution >= 0.6 is 11.8 Å². The van der Waals surface area contributed by atoms with E-state index in [4.69, 9.17) is 0 Å². The van der Waals surface area contributed by atoms with Crippen LogP contribution in [0.2, 0.25) is 0 Å². The van der Waals surface area contributed by atoms with Crippen LogP contribution in [0.25, 0.3) is 11.3 Å². The van der Waals surface area contributed by atoms with Crippen LogP contribution in [-0.2, 0) is 0 Å². The van der Waals surface area contributed by atoms with Crippen molar-refractivity contribution >= 4 is 17.7 Å². The number of rotatable bonds is 2. The number of H-pyrrole nitrogens is 1. The van der Waals surface area contributed by atoms with Crippen molar-refractivity contribution in [1.82, 2.24) is 14.9 Å². The van der Waals surface area contributed by atoms with Gasteiger partial charge in [0.25, 0.3) is 5.91 Å². The second-order valence-corrected chi connectivity index (χ2v) is 5.50. The lowest BCUT2D eigenvalue weighted by atomic mass is 10.0. The van der Waals surface area contributed by atoms with Crippen LogP contribution in [0.3, 0.4) is 0 Å². The van der Waals surface area contributed by atoms with Crippen molar-refractivity contribution in [2.24, 2.45) is 0 Å². The van der Waals surface area contributed by atoms with Crippen LogP contribution in [0.5, 0.6) is 0 Å². The van der Waals surface area contributed by atoms with Crippen LogP contribution in [-0.4, -0.2) is 34.1 Å². The number of hydrogen-bond donors (Lipinski definition) is 1.